The highest BCUT2D eigenvalue weighted by molar-refractivity contribution is 6.45. The Balaban J connectivity index is 1.31. The molecule has 2 N–H and O–H groups in total. The number of pyridine rings is 1. The quantitative estimate of drug-likeness (QED) is 0.150. The van der Waals surface area contributed by atoms with Gasteiger partial charge in [0.1, 0.15) is 18.1 Å². The van der Waals surface area contributed by atoms with Gasteiger partial charge in [0.25, 0.3) is 17.6 Å². The third-order valence-corrected chi connectivity index (χ3v) is 7.92. The summed E-state index contributed by atoms with van der Waals surface area (Å²) in [6, 6.07) is 10.2. The molecule has 1 aliphatic heterocycles. The topological polar surface area (TPSA) is 177 Å². The third-order valence-electron chi connectivity index (χ3n) is 7.92. The molecule has 46 heavy (non-hydrogen) atoms. The molecule has 1 aromatic carbocycles. The molecule has 0 saturated carbocycles. The summed E-state index contributed by atoms with van der Waals surface area (Å²) >= 11 is 0. The summed E-state index contributed by atoms with van der Waals surface area (Å²) in [7, 11) is 1.43. The maximum atomic E-state index is 13.6. The number of carbonyl (C=O) groups is 5. The number of esters is 1. The molecule has 1 aliphatic rings. The van der Waals surface area contributed by atoms with Gasteiger partial charge < -0.3 is 29.4 Å². The molecule has 1 fully saturated rings. The number of aliphatic carboxylic acids is 1. The van der Waals surface area contributed by atoms with Crippen LogP contribution in [0, 0.1) is 5.41 Å². The molecule has 14 heteroatoms. The van der Waals surface area contributed by atoms with Crippen molar-refractivity contribution in [2.45, 2.75) is 39.8 Å². The van der Waals surface area contributed by atoms with E-state index in [1.807, 2.05) is 13.0 Å². The van der Waals surface area contributed by atoms with Crippen LogP contribution in [0.3, 0.4) is 0 Å². The first-order valence-corrected chi connectivity index (χ1v) is 14.6. The van der Waals surface area contributed by atoms with Crippen LogP contribution in [0.25, 0.3) is 16.7 Å². The van der Waals surface area contributed by atoms with Crippen LogP contribution in [0.2, 0.25) is 0 Å². The molecule has 14 nitrogen and oxygen atoms in total. The molecule has 2 amide bonds. The first kappa shape index (κ1) is 31.9. The first-order valence-electron chi connectivity index (χ1n) is 14.6. The maximum Gasteiger partial charge on any atom is 0.309 e. The molecule has 4 heterocycles. The minimum atomic E-state index is -1.27. The van der Waals surface area contributed by atoms with Crippen molar-refractivity contribution in [2.24, 2.45) is 5.41 Å². The zero-order valence-electron chi connectivity index (χ0n) is 25.9. The van der Waals surface area contributed by atoms with Crippen LogP contribution in [-0.2, 0) is 25.7 Å². The molecular formula is C32H34N6O8. The van der Waals surface area contributed by atoms with Gasteiger partial charge in [-0.15, -0.1) is 0 Å². The van der Waals surface area contributed by atoms with Gasteiger partial charge in [0.2, 0.25) is 0 Å². The molecule has 0 unspecified atom stereocenters. The molecule has 3 aromatic heterocycles. The number of piperazine rings is 1. The summed E-state index contributed by atoms with van der Waals surface area (Å²) in [6.45, 7) is 5.21. The molecule has 0 aliphatic carbocycles. The number of benzene rings is 1. The molecule has 1 saturated heterocycles. The second-order valence-electron chi connectivity index (χ2n) is 11.7. The van der Waals surface area contributed by atoms with Gasteiger partial charge in [-0.1, -0.05) is 18.2 Å². The Morgan fingerprint density at radius 2 is 1.83 bits per heavy atom. The maximum absolute atomic E-state index is 13.6. The lowest BCUT2D eigenvalue weighted by Gasteiger charge is -2.39. The van der Waals surface area contributed by atoms with Gasteiger partial charge >= 0.3 is 11.9 Å². The first-order chi connectivity index (χ1) is 21.9. The fourth-order valence-corrected chi connectivity index (χ4v) is 5.26. The van der Waals surface area contributed by atoms with Crippen molar-refractivity contribution in [2.75, 3.05) is 26.7 Å². The third kappa shape index (κ3) is 6.32. The lowest BCUT2D eigenvalue weighted by Crippen LogP contribution is -2.56. The largest absolute Gasteiger partial charge is 0.494 e. The number of nitrogens with one attached hydrogen (secondary N) is 1. The Bertz CT molecular complexity index is 1810. The molecule has 5 rings (SSSR count). The number of amides is 2. The number of H-pyrrole nitrogens is 1. The number of Topliss-reactive ketones (excluding diaryl/α,β-unsaturated/α-hetero) is 1. The van der Waals surface area contributed by atoms with Crippen LogP contribution in [-0.4, -0.2) is 97.0 Å². The van der Waals surface area contributed by atoms with Gasteiger partial charge in [-0.2, -0.15) is 5.10 Å². The van der Waals surface area contributed by atoms with Crippen molar-refractivity contribution in [1.82, 2.24) is 29.5 Å². The van der Waals surface area contributed by atoms with E-state index in [9.17, 15) is 29.1 Å². The number of ether oxygens (including phenoxy) is 2. The number of aromatic amines is 1. The Morgan fingerprint density at radius 1 is 1.09 bits per heavy atom. The van der Waals surface area contributed by atoms with E-state index in [4.69, 9.17) is 9.47 Å². The van der Waals surface area contributed by atoms with Crippen molar-refractivity contribution in [3.8, 4) is 11.6 Å². The van der Waals surface area contributed by atoms with Crippen molar-refractivity contribution in [3.05, 3.63) is 71.8 Å². The summed E-state index contributed by atoms with van der Waals surface area (Å²) in [5.74, 6) is -2.79. The van der Waals surface area contributed by atoms with Crippen molar-refractivity contribution in [1.29, 1.82) is 0 Å². The van der Waals surface area contributed by atoms with Crippen molar-refractivity contribution in [3.63, 3.8) is 0 Å². The summed E-state index contributed by atoms with van der Waals surface area (Å²) in [5, 5.41) is 14.0. The van der Waals surface area contributed by atoms with E-state index >= 15 is 0 Å². The number of hydrogen-bond acceptors (Lipinski definition) is 9. The molecule has 1 atom stereocenters. The molecule has 0 bridgehead atoms. The number of carboxylic acid groups (broad SMARTS) is 1. The minimum Gasteiger partial charge on any atom is -0.494 e. The van der Waals surface area contributed by atoms with Crippen LogP contribution >= 0.6 is 0 Å². The van der Waals surface area contributed by atoms with E-state index in [1.165, 1.54) is 42.9 Å². The average molecular weight is 631 g/mol. The molecule has 0 spiro atoms. The number of aromatic nitrogens is 4. The summed E-state index contributed by atoms with van der Waals surface area (Å²) in [5.41, 5.74) is 0.151. The Hall–Kier alpha value is -5.53. The normalized spacial score (nSPS) is 15.1. The number of carbonyl (C=O) groups excluding carboxylic acids is 4. The molecule has 4 aromatic rings. The number of fused-ring (bicyclic) bond motifs is 1. The number of methoxy groups -OCH3 is 1. The lowest BCUT2D eigenvalue weighted by atomic mass is 9.90. The Labute approximate surface area is 263 Å². The van der Waals surface area contributed by atoms with E-state index in [-0.39, 0.29) is 55.9 Å². The fourth-order valence-electron chi connectivity index (χ4n) is 5.26. The van der Waals surface area contributed by atoms with E-state index < -0.39 is 29.0 Å². The summed E-state index contributed by atoms with van der Waals surface area (Å²) in [4.78, 5) is 74.1. The highest BCUT2D eigenvalue weighted by atomic mass is 16.5. The number of hydrogen-bond donors (Lipinski definition) is 2. The molecule has 0 radical (unpaired) electrons. The van der Waals surface area contributed by atoms with E-state index in [2.05, 4.69) is 15.1 Å². The van der Waals surface area contributed by atoms with Gasteiger partial charge in [0.15, 0.2) is 5.82 Å². The summed E-state index contributed by atoms with van der Waals surface area (Å²) in [6.07, 6.45) is 4.12. The van der Waals surface area contributed by atoms with Crippen LogP contribution in [0.15, 0.2) is 55.0 Å². The monoisotopic (exact) mass is 630 g/mol. The second kappa shape index (κ2) is 12.8. The zero-order valence-corrected chi connectivity index (χ0v) is 25.9. The van der Waals surface area contributed by atoms with Gasteiger partial charge in [0.05, 0.1) is 41.6 Å². The zero-order chi connectivity index (χ0) is 33.2. The Kier molecular flexibility index (Phi) is 8.89. The van der Waals surface area contributed by atoms with E-state index in [1.54, 1.807) is 41.4 Å². The highest BCUT2D eigenvalue weighted by Gasteiger charge is 2.35. The predicted octanol–water partition coefficient (Wildman–Crippen LogP) is 2.86. The highest BCUT2D eigenvalue weighted by Crippen LogP contribution is 2.32. The van der Waals surface area contributed by atoms with Crippen LogP contribution in [0.5, 0.6) is 5.75 Å². The molecular weight excluding hydrogens is 596 g/mol. The number of nitrogens with zero attached hydrogens (tertiary/aromatic N) is 5. The second-order valence-corrected chi connectivity index (χ2v) is 11.7. The standard InChI is InChI=1S/C32H34N6O8/c1-19-17-36(12-13-37(19)29(41)20-8-6-5-7-9-20)30(42)27(40)22-15-33-26-25(22)23(45-4)16-34-28(26)38-11-10-21(35-38)18-46-24(39)14-32(2,3)31(43)44/h5-11,15-16,19,33H,12-14,17-18H2,1-4H3,(H,43,44)/t19-/m1/s1. The van der Waals surface area contributed by atoms with Crippen LogP contribution in [0.4, 0.5) is 0 Å². The smallest absolute Gasteiger partial charge is 0.309 e. The van der Waals surface area contributed by atoms with Gasteiger partial charge in [-0.05, 0) is 39.0 Å². The fraction of sp³-hybridized carbons (Fsp3) is 0.344. The van der Waals surface area contributed by atoms with Crippen LogP contribution < -0.4 is 4.74 Å². The number of rotatable bonds is 10. The summed E-state index contributed by atoms with van der Waals surface area (Å²) < 4.78 is 12.1. The number of ketones is 1. The lowest BCUT2D eigenvalue weighted by molar-refractivity contribution is -0.157. The van der Waals surface area contributed by atoms with E-state index in [0.717, 1.165) is 0 Å². The number of carboxylic acids is 1. The Morgan fingerprint density at radius 3 is 2.50 bits per heavy atom. The SMILES string of the molecule is COc1cnc(-n2ccc(COC(=O)CC(C)(C)C(=O)O)n2)c2[nH]cc(C(=O)C(=O)N3CCN(C(=O)c4ccccc4)[C@H](C)C3)c12. The van der Waals surface area contributed by atoms with Gasteiger partial charge in [-0.25, -0.2) is 9.67 Å². The predicted molar refractivity (Wildman–Crippen MR) is 163 cm³/mol. The van der Waals surface area contributed by atoms with Gasteiger partial charge in [-0.3, -0.25) is 24.0 Å². The van der Waals surface area contributed by atoms with Crippen LogP contribution in [0.1, 0.15) is 53.6 Å². The van der Waals surface area contributed by atoms with Crippen molar-refractivity contribution >= 4 is 40.4 Å². The van der Waals surface area contributed by atoms with Gasteiger partial charge in [0, 0.05) is 43.6 Å². The molecule has 240 valence electrons. The average Bonchev–Trinajstić information content (AvgIpc) is 3.70. The van der Waals surface area contributed by atoms with Crippen molar-refractivity contribution < 1.29 is 38.6 Å². The van der Waals surface area contributed by atoms with E-state index in [0.29, 0.717) is 28.0 Å². The minimum absolute atomic E-state index is 0.0956.